The summed E-state index contributed by atoms with van der Waals surface area (Å²) in [5.74, 6) is 0. The normalized spacial score (nSPS) is 13.8. The Hall–Kier alpha value is -9.26. The first kappa shape index (κ1) is 42.8. The minimum Gasteiger partial charge on any atom is -0.397 e. The maximum Gasteiger partial charge on any atom is 0.160 e. The number of nitrogens with two attached hydrogens (primary N) is 2. The average molecular weight is 925 g/mol. The van der Waals surface area contributed by atoms with E-state index in [1.54, 1.807) is 0 Å². The molecule has 2 aliphatic carbocycles. The van der Waals surface area contributed by atoms with Crippen LogP contribution in [0.2, 0.25) is 0 Å². The summed E-state index contributed by atoms with van der Waals surface area (Å²) < 4.78 is 0. The number of benzene rings is 7. The standard InChI is InChI=1S/C66H48N6/c1-4-6-25-56(67)62-52(35-43-37-54-48-21-11-15-41-17-13-23-50(58(41)48)60(54)69-64(43)71-62)39-27-31-46(32-28-39)66(3,45-19-9-8-10-20-45)47-33-29-40(30-34-47)53-36-44-38-55-49-22-12-16-42-18-14-24-51(59(42)49)61(55)70-65(44)72-63(53)57(68)26-7-5-2/h4-38H,67-68H2,1-3H3/b6-4-,7-5-,56-25-,57-26-. The third kappa shape index (κ3) is 6.64. The van der Waals surface area contributed by atoms with Gasteiger partial charge in [-0.15, -0.1) is 0 Å². The first-order valence-corrected chi connectivity index (χ1v) is 24.5. The van der Waals surface area contributed by atoms with Crippen molar-refractivity contribution in [1.82, 2.24) is 19.9 Å². The quantitative estimate of drug-likeness (QED) is 0.110. The molecule has 7 aromatic carbocycles. The van der Waals surface area contributed by atoms with Gasteiger partial charge in [0.05, 0.1) is 34.2 Å². The van der Waals surface area contributed by atoms with Crippen LogP contribution in [0.25, 0.3) is 122 Å². The summed E-state index contributed by atoms with van der Waals surface area (Å²) in [6, 6.07) is 63.3. The van der Waals surface area contributed by atoms with Gasteiger partial charge in [-0.05, 0) is 118 Å². The number of allylic oxidation sites excluding steroid dienone is 6. The summed E-state index contributed by atoms with van der Waals surface area (Å²) in [6.45, 7) is 6.28. The largest absolute Gasteiger partial charge is 0.397 e. The second kappa shape index (κ2) is 16.7. The van der Waals surface area contributed by atoms with Crippen molar-refractivity contribution < 1.29 is 0 Å². The summed E-state index contributed by atoms with van der Waals surface area (Å²) in [4.78, 5) is 20.9. The predicted octanol–water partition coefficient (Wildman–Crippen LogP) is 15.6. The number of pyridine rings is 4. The van der Waals surface area contributed by atoms with Gasteiger partial charge in [0, 0.05) is 49.6 Å². The van der Waals surface area contributed by atoms with Crippen LogP contribution in [0.15, 0.2) is 212 Å². The smallest absolute Gasteiger partial charge is 0.160 e. The number of fused-ring (bicyclic) bond motifs is 8. The lowest BCUT2D eigenvalue weighted by molar-refractivity contribution is 0.693. The highest BCUT2D eigenvalue weighted by atomic mass is 14.9. The third-order valence-corrected chi connectivity index (χ3v) is 14.9. The molecule has 0 saturated heterocycles. The summed E-state index contributed by atoms with van der Waals surface area (Å²) >= 11 is 0. The molecule has 0 fully saturated rings. The second-order valence-corrected chi connectivity index (χ2v) is 19.0. The fourth-order valence-electron chi connectivity index (χ4n) is 11.2. The molecule has 0 atom stereocenters. The minimum absolute atomic E-state index is 0.524. The molecule has 0 spiro atoms. The Morgan fingerprint density at radius 2 is 0.778 bits per heavy atom. The molecular formula is C66H48N6. The van der Waals surface area contributed by atoms with Gasteiger partial charge in [-0.3, -0.25) is 0 Å². The lowest BCUT2D eigenvalue weighted by Crippen LogP contribution is -2.25. The van der Waals surface area contributed by atoms with Crippen LogP contribution in [0, 0.1) is 0 Å². The van der Waals surface area contributed by atoms with E-state index in [1.165, 1.54) is 38.2 Å². The van der Waals surface area contributed by atoms with Gasteiger partial charge in [0.2, 0.25) is 0 Å². The van der Waals surface area contributed by atoms with Crippen LogP contribution >= 0.6 is 0 Å². The maximum absolute atomic E-state index is 6.89. The van der Waals surface area contributed by atoms with E-state index >= 15 is 0 Å². The molecule has 11 aromatic rings. The Morgan fingerprint density at radius 1 is 0.389 bits per heavy atom. The Labute approximate surface area is 418 Å². The van der Waals surface area contributed by atoms with E-state index in [0.29, 0.717) is 34.1 Å². The van der Waals surface area contributed by atoms with Crippen LogP contribution in [-0.2, 0) is 5.41 Å². The highest BCUT2D eigenvalue weighted by molar-refractivity contribution is 6.17. The molecule has 0 aliphatic heterocycles. The van der Waals surface area contributed by atoms with Gasteiger partial charge in [0.15, 0.2) is 11.3 Å². The van der Waals surface area contributed by atoms with Crippen molar-refractivity contribution in [1.29, 1.82) is 0 Å². The van der Waals surface area contributed by atoms with E-state index in [4.69, 9.17) is 31.4 Å². The molecular weight excluding hydrogens is 877 g/mol. The molecule has 4 N–H and O–H groups in total. The summed E-state index contributed by atoms with van der Waals surface area (Å²) in [5, 5.41) is 6.81. The number of hydrogen-bond acceptors (Lipinski definition) is 6. The third-order valence-electron chi connectivity index (χ3n) is 14.9. The van der Waals surface area contributed by atoms with E-state index in [9.17, 15) is 0 Å². The summed E-state index contributed by atoms with van der Waals surface area (Å²) in [7, 11) is 0. The molecule has 2 aliphatic rings. The van der Waals surface area contributed by atoms with Gasteiger partial charge in [0.1, 0.15) is 0 Å². The zero-order chi connectivity index (χ0) is 48.7. The fraction of sp³-hybridized carbons (Fsp3) is 0.0606. The van der Waals surface area contributed by atoms with E-state index in [1.807, 2.05) is 50.3 Å². The first-order valence-electron chi connectivity index (χ1n) is 24.5. The monoisotopic (exact) mass is 924 g/mol. The molecule has 0 saturated carbocycles. The molecule has 6 nitrogen and oxygen atoms in total. The molecule has 0 radical (unpaired) electrons. The van der Waals surface area contributed by atoms with Crippen molar-refractivity contribution in [2.24, 2.45) is 11.5 Å². The van der Waals surface area contributed by atoms with Crippen molar-refractivity contribution in [2.75, 3.05) is 0 Å². The van der Waals surface area contributed by atoms with Crippen LogP contribution in [0.3, 0.4) is 0 Å². The van der Waals surface area contributed by atoms with Crippen molar-refractivity contribution in [3.05, 3.63) is 240 Å². The molecule has 13 rings (SSSR count). The van der Waals surface area contributed by atoms with Gasteiger partial charge >= 0.3 is 0 Å². The van der Waals surface area contributed by atoms with Crippen molar-refractivity contribution in [3.8, 4) is 67.0 Å². The molecule has 0 unspecified atom stereocenters. The molecule has 72 heavy (non-hydrogen) atoms. The number of rotatable bonds is 9. The van der Waals surface area contributed by atoms with E-state index < -0.39 is 5.41 Å². The Bertz CT molecular complexity index is 3920. The number of aromatic nitrogens is 4. The summed E-state index contributed by atoms with van der Waals surface area (Å²) in [6.07, 6.45) is 11.7. The molecule has 4 heterocycles. The highest BCUT2D eigenvalue weighted by Gasteiger charge is 2.32. The SMILES string of the molecule is C/C=C\C=C(/N)c1nc2nc3c(cc2cc1-c1ccc(C(C)(c2ccccc2)c2ccc(-c4cc5cc6c(nc5nc4/C(N)=C/C=C\C)-c4cccc5cccc-6c45)cc2)cc1)-c1cccc2cccc-3c12. The fourth-order valence-corrected chi connectivity index (χ4v) is 11.2. The van der Waals surface area contributed by atoms with Gasteiger partial charge in [-0.2, -0.15) is 0 Å². The first-order chi connectivity index (χ1) is 35.3. The highest BCUT2D eigenvalue weighted by Crippen LogP contribution is 2.49. The van der Waals surface area contributed by atoms with Gasteiger partial charge in [-0.25, -0.2) is 19.9 Å². The van der Waals surface area contributed by atoms with Gasteiger partial charge in [-0.1, -0.05) is 176 Å². The Balaban J connectivity index is 0.910. The van der Waals surface area contributed by atoms with Gasteiger partial charge < -0.3 is 11.5 Å². The zero-order valence-corrected chi connectivity index (χ0v) is 40.2. The molecule has 6 heteroatoms. The number of hydrogen-bond donors (Lipinski definition) is 2. The molecule has 0 bridgehead atoms. The van der Waals surface area contributed by atoms with Crippen LogP contribution in [0.4, 0.5) is 0 Å². The Kier molecular flexibility index (Phi) is 9.94. The zero-order valence-electron chi connectivity index (χ0n) is 40.2. The Morgan fingerprint density at radius 3 is 1.19 bits per heavy atom. The molecule has 342 valence electrons. The van der Waals surface area contributed by atoms with Crippen LogP contribution in [0.1, 0.15) is 48.8 Å². The average Bonchev–Trinajstić information content (AvgIpc) is 3.92. The lowest BCUT2D eigenvalue weighted by Gasteiger charge is -2.32. The van der Waals surface area contributed by atoms with E-state index in [0.717, 1.165) is 77.8 Å². The maximum atomic E-state index is 6.89. The predicted molar refractivity (Wildman–Crippen MR) is 300 cm³/mol. The van der Waals surface area contributed by atoms with Gasteiger partial charge in [0.25, 0.3) is 0 Å². The van der Waals surface area contributed by atoms with Crippen molar-refractivity contribution in [3.63, 3.8) is 0 Å². The molecule has 4 aromatic heterocycles. The van der Waals surface area contributed by atoms with Crippen LogP contribution in [0.5, 0.6) is 0 Å². The number of nitrogens with zero attached hydrogens (tertiary/aromatic N) is 4. The minimum atomic E-state index is -0.524. The van der Waals surface area contributed by atoms with E-state index in [-0.39, 0.29) is 0 Å². The molecule has 0 amide bonds. The van der Waals surface area contributed by atoms with Crippen molar-refractivity contribution in [2.45, 2.75) is 26.2 Å². The summed E-state index contributed by atoms with van der Waals surface area (Å²) in [5.41, 5.74) is 33.3. The van der Waals surface area contributed by atoms with E-state index in [2.05, 4.69) is 183 Å². The second-order valence-electron chi connectivity index (χ2n) is 19.0. The topological polar surface area (TPSA) is 104 Å². The lowest BCUT2D eigenvalue weighted by atomic mass is 9.70. The van der Waals surface area contributed by atoms with Crippen molar-refractivity contribution >= 4 is 55.0 Å². The van der Waals surface area contributed by atoms with Crippen LogP contribution in [-0.4, -0.2) is 19.9 Å². The van der Waals surface area contributed by atoms with Crippen LogP contribution < -0.4 is 11.5 Å².